The van der Waals surface area contributed by atoms with Crippen LogP contribution < -0.4 is 29.7 Å². The second-order valence-corrected chi connectivity index (χ2v) is 8.08. The summed E-state index contributed by atoms with van der Waals surface area (Å²) in [5.41, 5.74) is 3.03. The van der Waals surface area contributed by atoms with Gasteiger partial charge in [-0.15, -0.1) is 0 Å². The number of likely N-dealkylation sites (N-methyl/N-ethyl adjacent to an activating group) is 1. The third-order valence-electron chi connectivity index (χ3n) is 6.32. The SMILES string of the molecule is CCN(CC)CC(=O)N[C@H]1CCc2cc(OC)c(OC)c(OC)c2-c2ccc(OC)c(=O)cc21. The molecule has 8 nitrogen and oxygen atoms in total. The van der Waals surface area contributed by atoms with Crippen molar-refractivity contribution in [1.29, 1.82) is 0 Å². The number of fused-ring (bicyclic) bond motifs is 3. The lowest BCUT2D eigenvalue weighted by atomic mass is 9.95. The Hall–Kier alpha value is -3.26. The van der Waals surface area contributed by atoms with Crippen LogP contribution in [0.1, 0.15) is 37.4 Å². The van der Waals surface area contributed by atoms with Crippen LogP contribution in [-0.4, -0.2) is 58.9 Å². The molecule has 0 radical (unpaired) electrons. The number of methoxy groups -OCH3 is 4. The molecule has 2 aromatic carbocycles. The van der Waals surface area contributed by atoms with Gasteiger partial charge in [0.25, 0.3) is 0 Å². The van der Waals surface area contributed by atoms with E-state index in [2.05, 4.69) is 5.32 Å². The maximum Gasteiger partial charge on any atom is 0.234 e. The summed E-state index contributed by atoms with van der Waals surface area (Å²) in [4.78, 5) is 27.9. The molecule has 0 fully saturated rings. The number of hydrogen-bond donors (Lipinski definition) is 1. The third-order valence-corrected chi connectivity index (χ3v) is 6.32. The summed E-state index contributed by atoms with van der Waals surface area (Å²) >= 11 is 0. The molecule has 0 heterocycles. The van der Waals surface area contributed by atoms with Crippen molar-refractivity contribution in [1.82, 2.24) is 10.2 Å². The first-order valence-electron chi connectivity index (χ1n) is 11.5. The van der Waals surface area contributed by atoms with Gasteiger partial charge in [-0.2, -0.15) is 0 Å². The van der Waals surface area contributed by atoms with Crippen LogP contribution >= 0.6 is 0 Å². The Morgan fingerprint density at radius 1 is 0.971 bits per heavy atom. The van der Waals surface area contributed by atoms with Gasteiger partial charge in [0.1, 0.15) is 0 Å². The highest BCUT2D eigenvalue weighted by atomic mass is 16.5. The predicted octanol–water partition coefficient (Wildman–Crippen LogP) is 3.19. The maximum absolute atomic E-state index is 12.9. The maximum atomic E-state index is 12.9. The van der Waals surface area contributed by atoms with Gasteiger partial charge >= 0.3 is 0 Å². The van der Waals surface area contributed by atoms with Gasteiger partial charge in [0, 0.05) is 5.56 Å². The van der Waals surface area contributed by atoms with E-state index in [1.165, 1.54) is 7.11 Å². The Kier molecular flexibility index (Phi) is 8.39. The minimum atomic E-state index is -0.364. The highest BCUT2D eigenvalue weighted by Crippen LogP contribution is 2.50. The van der Waals surface area contributed by atoms with E-state index in [0.717, 1.165) is 29.8 Å². The molecule has 8 heteroatoms. The molecule has 0 unspecified atom stereocenters. The number of nitrogens with one attached hydrogen (secondary N) is 1. The van der Waals surface area contributed by atoms with E-state index < -0.39 is 0 Å². The smallest absolute Gasteiger partial charge is 0.234 e. The lowest BCUT2D eigenvalue weighted by Gasteiger charge is -2.22. The largest absolute Gasteiger partial charge is 0.493 e. The summed E-state index contributed by atoms with van der Waals surface area (Å²) in [5, 5.41) is 3.16. The quantitative estimate of drug-likeness (QED) is 0.602. The number of carbonyl (C=O) groups excluding carboxylic acids is 1. The van der Waals surface area contributed by atoms with Gasteiger partial charge in [-0.1, -0.05) is 19.9 Å². The molecule has 2 aromatic rings. The first-order valence-corrected chi connectivity index (χ1v) is 11.5. The fourth-order valence-corrected chi connectivity index (χ4v) is 4.51. The van der Waals surface area contributed by atoms with Crippen LogP contribution in [0.4, 0.5) is 0 Å². The molecule has 0 saturated carbocycles. The summed E-state index contributed by atoms with van der Waals surface area (Å²) in [6.45, 7) is 5.91. The van der Waals surface area contributed by atoms with E-state index >= 15 is 0 Å². The van der Waals surface area contributed by atoms with Crippen molar-refractivity contribution in [2.75, 3.05) is 48.1 Å². The van der Waals surface area contributed by atoms with Gasteiger partial charge < -0.3 is 24.3 Å². The van der Waals surface area contributed by atoms with Gasteiger partial charge in [0.05, 0.1) is 41.0 Å². The van der Waals surface area contributed by atoms with Crippen molar-refractivity contribution in [3.05, 3.63) is 45.6 Å². The summed E-state index contributed by atoms with van der Waals surface area (Å²) in [5.74, 6) is 1.69. The second kappa shape index (κ2) is 11.2. The van der Waals surface area contributed by atoms with E-state index in [0.29, 0.717) is 42.2 Å². The number of hydrogen-bond acceptors (Lipinski definition) is 7. The molecule has 0 aliphatic heterocycles. The van der Waals surface area contributed by atoms with Crippen LogP contribution in [0.3, 0.4) is 0 Å². The van der Waals surface area contributed by atoms with Crippen LogP contribution in [0.5, 0.6) is 23.0 Å². The van der Waals surface area contributed by atoms with Crippen molar-refractivity contribution in [2.24, 2.45) is 0 Å². The molecule has 0 spiro atoms. The number of benzene rings is 1. The number of rotatable bonds is 9. The van der Waals surface area contributed by atoms with Crippen molar-refractivity contribution >= 4 is 5.91 Å². The zero-order valence-electron chi connectivity index (χ0n) is 20.8. The number of nitrogens with zero attached hydrogens (tertiary/aromatic N) is 1. The summed E-state index contributed by atoms with van der Waals surface area (Å²) < 4.78 is 22.3. The molecular weight excluding hydrogens is 436 g/mol. The molecule has 0 aromatic heterocycles. The monoisotopic (exact) mass is 470 g/mol. The zero-order valence-corrected chi connectivity index (χ0v) is 20.8. The second-order valence-electron chi connectivity index (χ2n) is 8.08. The number of aryl methyl sites for hydroxylation is 1. The molecule has 1 amide bonds. The molecule has 0 bridgehead atoms. The molecule has 1 aliphatic rings. The standard InChI is InChI=1S/C26H34N2O6/c1-7-28(8-2)15-23(30)27-19-11-9-16-13-22(32-4)25(33-5)26(34-6)24(16)17-10-12-21(31-3)20(29)14-18(17)19/h10,12-14,19H,7-9,11,15H2,1-6H3,(H,27,30)/t19-/m0/s1. The number of carbonyl (C=O) groups is 1. The van der Waals surface area contributed by atoms with Gasteiger partial charge in [0.2, 0.25) is 17.1 Å². The summed E-state index contributed by atoms with van der Waals surface area (Å²) in [6.07, 6.45) is 1.25. The number of amides is 1. The average Bonchev–Trinajstić information content (AvgIpc) is 3.09. The van der Waals surface area contributed by atoms with Crippen LogP contribution in [0.25, 0.3) is 11.1 Å². The Bertz CT molecular complexity index is 1100. The van der Waals surface area contributed by atoms with E-state index in [4.69, 9.17) is 18.9 Å². The molecule has 34 heavy (non-hydrogen) atoms. The molecule has 1 atom stereocenters. The zero-order chi connectivity index (χ0) is 24.8. The Labute approximate surface area is 200 Å². The van der Waals surface area contributed by atoms with Crippen molar-refractivity contribution in [3.63, 3.8) is 0 Å². The molecule has 1 aliphatic carbocycles. The summed E-state index contributed by atoms with van der Waals surface area (Å²) in [7, 11) is 6.19. The van der Waals surface area contributed by atoms with E-state index in [1.54, 1.807) is 33.5 Å². The van der Waals surface area contributed by atoms with E-state index in [-0.39, 0.29) is 23.1 Å². The van der Waals surface area contributed by atoms with Crippen molar-refractivity contribution in [3.8, 4) is 34.1 Å². The normalized spacial score (nSPS) is 14.5. The van der Waals surface area contributed by atoms with Crippen LogP contribution in [0.2, 0.25) is 0 Å². The Morgan fingerprint density at radius 3 is 2.24 bits per heavy atom. The third kappa shape index (κ3) is 4.97. The van der Waals surface area contributed by atoms with E-state index in [1.807, 2.05) is 30.9 Å². The van der Waals surface area contributed by atoms with Crippen molar-refractivity contribution < 1.29 is 23.7 Å². The van der Waals surface area contributed by atoms with Crippen LogP contribution in [0, 0.1) is 0 Å². The molecule has 3 rings (SSSR count). The minimum Gasteiger partial charge on any atom is -0.493 e. The highest BCUT2D eigenvalue weighted by molar-refractivity contribution is 5.84. The average molecular weight is 471 g/mol. The molecule has 0 saturated heterocycles. The highest BCUT2D eigenvalue weighted by Gasteiger charge is 2.30. The van der Waals surface area contributed by atoms with Gasteiger partial charge in [-0.3, -0.25) is 14.5 Å². The van der Waals surface area contributed by atoms with Gasteiger partial charge in [0.15, 0.2) is 17.2 Å². The van der Waals surface area contributed by atoms with Gasteiger partial charge in [-0.25, -0.2) is 0 Å². The summed E-state index contributed by atoms with van der Waals surface area (Å²) in [6, 6.07) is 6.63. The molecular formula is C26H34N2O6. The van der Waals surface area contributed by atoms with Crippen LogP contribution in [-0.2, 0) is 11.2 Å². The predicted molar refractivity (Wildman–Crippen MR) is 131 cm³/mol. The Balaban J connectivity index is 2.23. The molecule has 184 valence electrons. The first-order chi connectivity index (χ1) is 16.4. The lowest BCUT2D eigenvalue weighted by molar-refractivity contribution is -0.123. The molecule has 1 N–H and O–H groups in total. The fourth-order valence-electron chi connectivity index (χ4n) is 4.51. The number of ether oxygens (including phenoxy) is 4. The van der Waals surface area contributed by atoms with Gasteiger partial charge in [-0.05, 0) is 60.8 Å². The Morgan fingerprint density at radius 2 is 1.65 bits per heavy atom. The topological polar surface area (TPSA) is 86.3 Å². The fraction of sp³-hybridized carbons (Fsp3) is 0.462. The van der Waals surface area contributed by atoms with E-state index in [9.17, 15) is 9.59 Å². The minimum absolute atomic E-state index is 0.0846. The van der Waals surface area contributed by atoms with Crippen LogP contribution in [0.15, 0.2) is 29.1 Å². The first kappa shape index (κ1) is 25.4. The lowest BCUT2D eigenvalue weighted by Crippen LogP contribution is -2.39. The van der Waals surface area contributed by atoms with Crippen molar-refractivity contribution in [2.45, 2.75) is 32.7 Å².